The fourth-order valence-corrected chi connectivity index (χ4v) is 4.68. The molecule has 2 rings (SSSR count). The average Bonchev–Trinajstić information content (AvgIpc) is 3.03. The molecular weight excluding hydrogens is 412 g/mol. The Morgan fingerprint density at radius 3 is 2.50 bits per heavy atom. The number of rotatable bonds is 6. The van der Waals surface area contributed by atoms with Gasteiger partial charge in [-0.15, -0.1) is 11.3 Å². The van der Waals surface area contributed by atoms with Gasteiger partial charge in [0.1, 0.15) is 10.3 Å². The molecule has 1 atom stereocenters. The Morgan fingerprint density at radius 1 is 1.25 bits per heavy atom. The molecule has 8 heteroatoms. The van der Waals surface area contributed by atoms with Crippen molar-refractivity contribution in [1.29, 1.82) is 0 Å². The van der Waals surface area contributed by atoms with E-state index in [9.17, 15) is 13.2 Å². The highest BCUT2D eigenvalue weighted by molar-refractivity contribution is 9.10. The second-order valence-corrected chi connectivity index (χ2v) is 9.47. The predicted molar refractivity (Wildman–Crippen MR) is 101 cm³/mol. The molecule has 0 spiro atoms. The molecule has 1 aromatic carbocycles. The van der Waals surface area contributed by atoms with Gasteiger partial charge in [-0.2, -0.15) is 4.72 Å². The van der Waals surface area contributed by atoms with Crippen LogP contribution in [0.1, 0.15) is 19.4 Å². The minimum absolute atomic E-state index is 0.195. The Balaban J connectivity index is 2.18. The molecule has 2 N–H and O–H groups in total. The third kappa shape index (κ3) is 4.66. The number of thiophene rings is 1. The summed E-state index contributed by atoms with van der Waals surface area (Å²) in [5.74, 6) is -0.580. The minimum Gasteiger partial charge on any atom is -0.325 e. The molecule has 1 unspecified atom stereocenters. The van der Waals surface area contributed by atoms with Crippen LogP contribution in [0.4, 0.5) is 5.69 Å². The molecular formula is C16H19BrN2O3S2. The van der Waals surface area contributed by atoms with Gasteiger partial charge in [0.05, 0.1) is 0 Å². The lowest BCUT2D eigenvalue weighted by molar-refractivity contribution is -0.118. The molecule has 0 aliphatic rings. The Hall–Kier alpha value is -1.22. The van der Waals surface area contributed by atoms with Crippen LogP contribution in [0.15, 0.2) is 44.4 Å². The van der Waals surface area contributed by atoms with Gasteiger partial charge in [-0.3, -0.25) is 4.79 Å². The van der Waals surface area contributed by atoms with Crippen LogP contribution in [0.25, 0.3) is 0 Å². The number of aryl methyl sites for hydroxylation is 1. The van der Waals surface area contributed by atoms with Crippen LogP contribution in [0.2, 0.25) is 0 Å². The van der Waals surface area contributed by atoms with E-state index in [1.54, 1.807) is 31.4 Å². The highest BCUT2D eigenvalue weighted by atomic mass is 79.9. The molecule has 130 valence electrons. The molecule has 0 aliphatic heterocycles. The Morgan fingerprint density at radius 2 is 1.96 bits per heavy atom. The Kier molecular flexibility index (Phi) is 6.19. The van der Waals surface area contributed by atoms with Crippen LogP contribution in [-0.4, -0.2) is 20.4 Å². The fourth-order valence-electron chi connectivity index (χ4n) is 2.08. The summed E-state index contributed by atoms with van der Waals surface area (Å²) in [7, 11) is -3.71. The van der Waals surface area contributed by atoms with Gasteiger partial charge in [0, 0.05) is 10.2 Å². The number of carbonyl (C=O) groups is 1. The van der Waals surface area contributed by atoms with Crippen LogP contribution >= 0.6 is 27.3 Å². The van der Waals surface area contributed by atoms with Crippen LogP contribution in [0, 0.1) is 12.8 Å². The van der Waals surface area contributed by atoms with E-state index in [1.165, 1.54) is 6.07 Å². The van der Waals surface area contributed by atoms with E-state index in [0.29, 0.717) is 5.69 Å². The van der Waals surface area contributed by atoms with Crippen LogP contribution in [-0.2, 0) is 14.8 Å². The average molecular weight is 431 g/mol. The van der Waals surface area contributed by atoms with Gasteiger partial charge in [-0.25, -0.2) is 8.42 Å². The molecule has 0 radical (unpaired) electrons. The number of nitrogens with one attached hydrogen (secondary N) is 2. The number of sulfonamides is 1. The van der Waals surface area contributed by atoms with E-state index in [-0.39, 0.29) is 16.0 Å². The van der Waals surface area contributed by atoms with Crippen molar-refractivity contribution in [2.45, 2.75) is 31.0 Å². The predicted octanol–water partition coefficient (Wildman–Crippen LogP) is 3.76. The minimum atomic E-state index is -3.71. The van der Waals surface area contributed by atoms with Crippen molar-refractivity contribution in [3.8, 4) is 0 Å². The van der Waals surface area contributed by atoms with Gasteiger partial charge in [0.2, 0.25) is 5.91 Å². The van der Waals surface area contributed by atoms with Gasteiger partial charge in [-0.05, 0) is 48.1 Å². The number of hydrogen-bond acceptors (Lipinski definition) is 4. The first-order valence-corrected chi connectivity index (χ1v) is 10.5. The summed E-state index contributed by atoms with van der Waals surface area (Å²) >= 11 is 4.52. The number of amides is 1. The maximum atomic E-state index is 12.6. The summed E-state index contributed by atoms with van der Waals surface area (Å²) in [6.07, 6.45) is 0. The van der Waals surface area contributed by atoms with E-state index < -0.39 is 16.1 Å². The van der Waals surface area contributed by atoms with Crippen molar-refractivity contribution in [1.82, 2.24) is 4.72 Å². The smallest absolute Gasteiger partial charge is 0.250 e. The van der Waals surface area contributed by atoms with Gasteiger partial charge >= 0.3 is 0 Å². The summed E-state index contributed by atoms with van der Waals surface area (Å²) < 4.78 is 28.4. The lowest BCUT2D eigenvalue weighted by Gasteiger charge is -2.21. The van der Waals surface area contributed by atoms with E-state index in [4.69, 9.17) is 0 Å². The maximum Gasteiger partial charge on any atom is 0.250 e. The molecule has 1 amide bonds. The molecule has 2 aromatic rings. The van der Waals surface area contributed by atoms with Crippen molar-refractivity contribution >= 4 is 48.9 Å². The number of hydrogen-bond donors (Lipinski definition) is 2. The maximum absolute atomic E-state index is 12.6. The molecule has 24 heavy (non-hydrogen) atoms. The molecule has 0 saturated heterocycles. The normalized spacial score (nSPS) is 13.0. The van der Waals surface area contributed by atoms with E-state index >= 15 is 0 Å². The van der Waals surface area contributed by atoms with Crippen molar-refractivity contribution in [2.75, 3.05) is 5.32 Å². The molecule has 0 aliphatic carbocycles. The largest absolute Gasteiger partial charge is 0.325 e. The number of halogens is 1. The summed E-state index contributed by atoms with van der Waals surface area (Å²) in [5, 5.41) is 4.46. The van der Waals surface area contributed by atoms with Gasteiger partial charge < -0.3 is 5.32 Å². The Labute approximate surface area is 154 Å². The van der Waals surface area contributed by atoms with Crippen LogP contribution in [0.3, 0.4) is 0 Å². The van der Waals surface area contributed by atoms with Gasteiger partial charge in [0.15, 0.2) is 0 Å². The molecule has 1 heterocycles. The van der Waals surface area contributed by atoms with Crippen LogP contribution < -0.4 is 10.0 Å². The fraction of sp³-hybridized carbons (Fsp3) is 0.312. The van der Waals surface area contributed by atoms with E-state index in [2.05, 4.69) is 26.0 Å². The highest BCUT2D eigenvalue weighted by Crippen LogP contribution is 2.21. The highest BCUT2D eigenvalue weighted by Gasteiger charge is 2.29. The molecule has 0 saturated carbocycles. The summed E-state index contributed by atoms with van der Waals surface area (Å²) in [4.78, 5) is 12.6. The summed E-state index contributed by atoms with van der Waals surface area (Å²) in [6.45, 7) is 5.52. The zero-order chi connectivity index (χ0) is 17.9. The quantitative estimate of drug-likeness (QED) is 0.732. The molecule has 0 bridgehead atoms. The lowest BCUT2D eigenvalue weighted by atomic mass is 10.0. The SMILES string of the molecule is Cc1cc(NC(=O)C(NS(=O)(=O)c2cccs2)C(C)C)ccc1Br. The van der Waals surface area contributed by atoms with Crippen LogP contribution in [0.5, 0.6) is 0 Å². The summed E-state index contributed by atoms with van der Waals surface area (Å²) in [6, 6.07) is 7.74. The first kappa shape index (κ1) is 19.1. The number of benzene rings is 1. The van der Waals surface area contributed by atoms with Gasteiger partial charge in [0.25, 0.3) is 10.0 Å². The van der Waals surface area contributed by atoms with Gasteiger partial charge in [-0.1, -0.05) is 35.8 Å². The number of anilines is 1. The van der Waals surface area contributed by atoms with E-state index in [1.807, 2.05) is 19.1 Å². The first-order valence-electron chi connectivity index (χ1n) is 7.33. The second-order valence-electron chi connectivity index (χ2n) is 5.73. The van der Waals surface area contributed by atoms with E-state index in [0.717, 1.165) is 21.4 Å². The first-order chi connectivity index (χ1) is 11.2. The zero-order valence-electron chi connectivity index (χ0n) is 13.5. The third-order valence-corrected chi connectivity index (χ3v) is 7.14. The number of carbonyl (C=O) groups excluding carboxylic acids is 1. The lowest BCUT2D eigenvalue weighted by Crippen LogP contribution is -2.46. The second kappa shape index (κ2) is 7.77. The van der Waals surface area contributed by atoms with Crippen molar-refractivity contribution in [3.63, 3.8) is 0 Å². The monoisotopic (exact) mass is 430 g/mol. The van der Waals surface area contributed by atoms with Crippen molar-refractivity contribution in [2.24, 2.45) is 5.92 Å². The standard InChI is InChI=1S/C16H19BrN2O3S2/c1-10(2)15(19-24(21,22)14-5-4-8-23-14)16(20)18-12-6-7-13(17)11(3)9-12/h4-10,15,19H,1-3H3,(H,18,20). The summed E-state index contributed by atoms with van der Waals surface area (Å²) in [5.41, 5.74) is 1.61. The molecule has 0 fully saturated rings. The third-order valence-electron chi connectivity index (χ3n) is 3.42. The zero-order valence-corrected chi connectivity index (χ0v) is 16.8. The molecule has 1 aromatic heterocycles. The molecule has 5 nitrogen and oxygen atoms in total. The van der Waals surface area contributed by atoms with Crippen molar-refractivity contribution in [3.05, 3.63) is 45.7 Å². The van der Waals surface area contributed by atoms with Crippen molar-refractivity contribution < 1.29 is 13.2 Å². The topological polar surface area (TPSA) is 75.3 Å². The Bertz CT molecular complexity index is 818.